The van der Waals surface area contributed by atoms with Crippen LogP contribution in [0.15, 0.2) is 11.6 Å². The first-order chi connectivity index (χ1) is 6.15. The van der Waals surface area contributed by atoms with Crippen molar-refractivity contribution >= 4 is 23.5 Å². The Kier molecular flexibility index (Phi) is 3.31. The van der Waals surface area contributed by atoms with Gasteiger partial charge in [-0.3, -0.25) is 9.59 Å². The molecule has 0 aliphatic carbocycles. The number of carboxylic acids is 1. The van der Waals surface area contributed by atoms with Crippen LogP contribution in [0.25, 0.3) is 0 Å². The average Bonchev–Trinajstić information content (AvgIpc) is 2.44. The third kappa shape index (κ3) is 2.45. The van der Waals surface area contributed by atoms with Gasteiger partial charge in [0.05, 0.1) is 5.92 Å². The van der Waals surface area contributed by atoms with Crippen molar-refractivity contribution < 1.29 is 14.7 Å². The summed E-state index contributed by atoms with van der Waals surface area (Å²) in [6.07, 6.45) is 1.72. The molecule has 1 atom stereocenters. The molecule has 13 heavy (non-hydrogen) atoms. The second-order valence-corrected chi connectivity index (χ2v) is 3.15. The van der Waals surface area contributed by atoms with Gasteiger partial charge in [-0.25, -0.2) is 0 Å². The molecule has 5 heteroatoms. The topological polar surface area (TPSA) is 57.6 Å². The predicted octanol–water partition coefficient (Wildman–Crippen LogP) is 0.672. The molecule has 1 rings (SSSR count). The molecule has 1 aliphatic rings. The molecular formula is C8H10ClNO3. The highest BCUT2D eigenvalue weighted by Crippen LogP contribution is 2.17. The van der Waals surface area contributed by atoms with E-state index in [1.807, 2.05) is 0 Å². The van der Waals surface area contributed by atoms with E-state index < -0.39 is 11.9 Å². The van der Waals surface area contributed by atoms with Crippen LogP contribution in [0.3, 0.4) is 0 Å². The number of rotatable bonds is 3. The molecule has 1 heterocycles. The number of carbonyl (C=O) groups excluding carboxylic acids is 1. The SMILES string of the molecule is O=C(O)C1CC(=O)N(C/C=C/Cl)C1. The van der Waals surface area contributed by atoms with Crippen LogP contribution in [0.1, 0.15) is 6.42 Å². The van der Waals surface area contributed by atoms with Crippen LogP contribution in [-0.2, 0) is 9.59 Å². The van der Waals surface area contributed by atoms with Gasteiger partial charge in [-0.2, -0.15) is 0 Å². The molecule has 4 nitrogen and oxygen atoms in total. The Bertz CT molecular complexity index is 252. The number of halogens is 1. The predicted molar refractivity (Wildman–Crippen MR) is 47.3 cm³/mol. The first-order valence-corrected chi connectivity index (χ1v) is 4.34. The number of nitrogens with zero attached hydrogens (tertiary/aromatic N) is 1. The van der Waals surface area contributed by atoms with Gasteiger partial charge in [-0.15, -0.1) is 0 Å². The van der Waals surface area contributed by atoms with Crippen molar-refractivity contribution in [3.63, 3.8) is 0 Å². The van der Waals surface area contributed by atoms with E-state index in [9.17, 15) is 9.59 Å². The Morgan fingerprint density at radius 2 is 2.46 bits per heavy atom. The monoisotopic (exact) mass is 203 g/mol. The standard InChI is InChI=1S/C8H10ClNO3/c9-2-1-3-10-5-6(8(12)13)4-7(10)11/h1-2,6H,3-5H2,(H,12,13)/b2-1+. The van der Waals surface area contributed by atoms with Crippen LogP contribution in [-0.4, -0.2) is 35.0 Å². The lowest BCUT2D eigenvalue weighted by molar-refractivity contribution is -0.141. The number of carboxylic acid groups (broad SMARTS) is 1. The Morgan fingerprint density at radius 3 is 2.92 bits per heavy atom. The molecule has 72 valence electrons. The van der Waals surface area contributed by atoms with Crippen molar-refractivity contribution in [2.24, 2.45) is 5.92 Å². The average molecular weight is 204 g/mol. The number of carbonyl (C=O) groups is 2. The lowest BCUT2D eigenvalue weighted by Gasteiger charge is -2.12. The molecule has 0 aromatic heterocycles. The van der Waals surface area contributed by atoms with E-state index in [0.29, 0.717) is 6.54 Å². The molecule has 1 fully saturated rings. The van der Waals surface area contributed by atoms with E-state index >= 15 is 0 Å². The van der Waals surface area contributed by atoms with Gasteiger partial charge in [0.25, 0.3) is 0 Å². The summed E-state index contributed by atoms with van der Waals surface area (Å²) in [5, 5.41) is 8.65. The van der Waals surface area contributed by atoms with Crippen molar-refractivity contribution in [3.8, 4) is 0 Å². The van der Waals surface area contributed by atoms with Crippen LogP contribution >= 0.6 is 11.6 Å². The summed E-state index contributed by atoms with van der Waals surface area (Å²) in [4.78, 5) is 23.2. The van der Waals surface area contributed by atoms with Gasteiger partial charge in [0.2, 0.25) is 5.91 Å². The summed E-state index contributed by atoms with van der Waals surface area (Å²) in [7, 11) is 0. The molecule has 1 N–H and O–H groups in total. The van der Waals surface area contributed by atoms with Crippen molar-refractivity contribution in [3.05, 3.63) is 11.6 Å². The lowest BCUT2D eigenvalue weighted by Crippen LogP contribution is -2.26. The summed E-state index contributed by atoms with van der Waals surface area (Å²) in [5.74, 6) is -1.59. The molecule has 0 aromatic carbocycles. The minimum absolute atomic E-state index is 0.103. The molecule has 0 bridgehead atoms. The van der Waals surface area contributed by atoms with E-state index in [4.69, 9.17) is 16.7 Å². The maximum absolute atomic E-state index is 11.2. The van der Waals surface area contributed by atoms with Gasteiger partial charge in [-0.1, -0.05) is 17.7 Å². The van der Waals surface area contributed by atoms with Gasteiger partial charge in [0.1, 0.15) is 0 Å². The van der Waals surface area contributed by atoms with E-state index in [1.54, 1.807) is 6.08 Å². The van der Waals surface area contributed by atoms with Crippen molar-refractivity contribution in [2.75, 3.05) is 13.1 Å². The van der Waals surface area contributed by atoms with Crippen molar-refractivity contribution in [2.45, 2.75) is 6.42 Å². The van der Waals surface area contributed by atoms with E-state index in [0.717, 1.165) is 0 Å². The molecule has 1 saturated heterocycles. The van der Waals surface area contributed by atoms with Gasteiger partial charge >= 0.3 is 5.97 Å². The molecule has 0 spiro atoms. The fraction of sp³-hybridized carbons (Fsp3) is 0.500. The number of hydrogen-bond acceptors (Lipinski definition) is 2. The highest BCUT2D eigenvalue weighted by molar-refractivity contribution is 6.25. The third-order valence-corrected chi connectivity index (χ3v) is 2.16. The molecule has 0 saturated carbocycles. The van der Waals surface area contributed by atoms with E-state index in [-0.39, 0.29) is 18.9 Å². The summed E-state index contributed by atoms with van der Waals surface area (Å²) in [6.45, 7) is 0.682. The van der Waals surface area contributed by atoms with E-state index in [1.165, 1.54) is 10.4 Å². The first-order valence-electron chi connectivity index (χ1n) is 3.91. The Hall–Kier alpha value is -1.03. The van der Waals surface area contributed by atoms with Gasteiger partial charge in [0.15, 0.2) is 0 Å². The maximum atomic E-state index is 11.2. The largest absolute Gasteiger partial charge is 0.481 e. The first kappa shape index (κ1) is 10.1. The van der Waals surface area contributed by atoms with Gasteiger partial charge < -0.3 is 10.0 Å². The van der Waals surface area contributed by atoms with Crippen LogP contribution in [0.5, 0.6) is 0 Å². The molecule has 1 amide bonds. The zero-order chi connectivity index (χ0) is 9.84. The van der Waals surface area contributed by atoms with E-state index in [2.05, 4.69) is 0 Å². The summed E-state index contributed by atoms with van der Waals surface area (Å²) >= 11 is 5.29. The normalized spacial score (nSPS) is 23.0. The third-order valence-electron chi connectivity index (χ3n) is 1.98. The number of aliphatic carboxylic acids is 1. The number of hydrogen-bond donors (Lipinski definition) is 1. The maximum Gasteiger partial charge on any atom is 0.308 e. The molecule has 0 aromatic rings. The second-order valence-electron chi connectivity index (χ2n) is 2.90. The summed E-state index contributed by atoms with van der Waals surface area (Å²) in [6, 6.07) is 0. The van der Waals surface area contributed by atoms with Crippen LogP contribution in [0.4, 0.5) is 0 Å². The highest BCUT2D eigenvalue weighted by atomic mass is 35.5. The fourth-order valence-electron chi connectivity index (χ4n) is 1.28. The minimum Gasteiger partial charge on any atom is -0.481 e. The minimum atomic E-state index is -0.911. The Morgan fingerprint density at radius 1 is 1.77 bits per heavy atom. The molecule has 0 radical (unpaired) electrons. The Balaban J connectivity index is 2.51. The summed E-state index contributed by atoms with van der Waals surface area (Å²) in [5.41, 5.74) is 1.32. The molecular weight excluding hydrogens is 194 g/mol. The lowest BCUT2D eigenvalue weighted by atomic mass is 10.1. The van der Waals surface area contributed by atoms with Crippen LogP contribution in [0.2, 0.25) is 0 Å². The molecule has 1 unspecified atom stereocenters. The number of likely N-dealkylation sites (tertiary alicyclic amines) is 1. The Labute approximate surface area is 80.8 Å². The molecule has 1 aliphatic heterocycles. The second kappa shape index (κ2) is 4.28. The van der Waals surface area contributed by atoms with Crippen molar-refractivity contribution in [1.82, 2.24) is 4.90 Å². The smallest absolute Gasteiger partial charge is 0.308 e. The van der Waals surface area contributed by atoms with Crippen molar-refractivity contribution in [1.29, 1.82) is 0 Å². The van der Waals surface area contributed by atoms with Gasteiger partial charge in [-0.05, 0) is 0 Å². The summed E-state index contributed by atoms with van der Waals surface area (Å²) < 4.78 is 0. The van der Waals surface area contributed by atoms with Crippen LogP contribution < -0.4 is 0 Å². The van der Waals surface area contributed by atoms with Crippen LogP contribution in [0, 0.1) is 5.92 Å². The fourth-order valence-corrected chi connectivity index (χ4v) is 1.36. The zero-order valence-electron chi connectivity index (χ0n) is 6.94. The zero-order valence-corrected chi connectivity index (χ0v) is 7.70. The van der Waals surface area contributed by atoms with Gasteiger partial charge in [0, 0.05) is 25.0 Å². The highest BCUT2D eigenvalue weighted by Gasteiger charge is 2.33. The number of amides is 1. The quantitative estimate of drug-likeness (QED) is 0.734.